The van der Waals surface area contributed by atoms with Crippen LogP contribution in [0.2, 0.25) is 0 Å². The molecule has 1 atom stereocenters. The van der Waals surface area contributed by atoms with Crippen LogP contribution in [0.5, 0.6) is 5.75 Å². The van der Waals surface area contributed by atoms with Gasteiger partial charge >= 0.3 is 5.97 Å². The first-order valence-electron chi connectivity index (χ1n) is 7.35. The number of benzene rings is 2. The summed E-state index contributed by atoms with van der Waals surface area (Å²) < 4.78 is 10.6. The lowest BCUT2D eigenvalue weighted by Gasteiger charge is -2.16. The second-order valence-corrected chi connectivity index (χ2v) is 5.74. The van der Waals surface area contributed by atoms with Crippen molar-refractivity contribution in [2.45, 2.75) is 24.0 Å². The summed E-state index contributed by atoms with van der Waals surface area (Å²) >= 11 is 1.49. The van der Waals surface area contributed by atoms with Crippen molar-refractivity contribution in [3.05, 3.63) is 60.2 Å². The molecule has 0 aliphatic heterocycles. The van der Waals surface area contributed by atoms with Crippen molar-refractivity contribution in [1.82, 2.24) is 0 Å². The van der Waals surface area contributed by atoms with Crippen molar-refractivity contribution in [1.29, 1.82) is 0 Å². The minimum Gasteiger partial charge on any atom is -0.494 e. The maximum atomic E-state index is 12.2. The van der Waals surface area contributed by atoms with Gasteiger partial charge in [-0.2, -0.15) is 0 Å². The van der Waals surface area contributed by atoms with E-state index < -0.39 is 0 Å². The van der Waals surface area contributed by atoms with E-state index >= 15 is 0 Å². The Hall–Kier alpha value is -1.94. The minimum absolute atomic E-state index is 0.215. The van der Waals surface area contributed by atoms with Crippen LogP contribution in [-0.4, -0.2) is 19.2 Å². The van der Waals surface area contributed by atoms with Crippen LogP contribution in [0.15, 0.2) is 59.5 Å². The topological polar surface area (TPSA) is 35.5 Å². The Kier molecular flexibility index (Phi) is 6.34. The summed E-state index contributed by atoms with van der Waals surface area (Å²) in [4.78, 5) is 13.3. The van der Waals surface area contributed by atoms with Gasteiger partial charge in [-0.1, -0.05) is 30.3 Å². The summed E-state index contributed by atoms with van der Waals surface area (Å²) in [5.74, 6) is 0.617. The highest BCUT2D eigenvalue weighted by molar-refractivity contribution is 8.00. The molecule has 0 heterocycles. The smallest absolute Gasteiger partial charge is 0.323 e. The first-order chi connectivity index (χ1) is 10.7. The first kappa shape index (κ1) is 16.4. The van der Waals surface area contributed by atoms with Crippen LogP contribution in [0.25, 0.3) is 0 Å². The van der Waals surface area contributed by atoms with E-state index in [1.54, 1.807) is 0 Å². The van der Waals surface area contributed by atoms with Crippen LogP contribution in [0, 0.1) is 0 Å². The molecule has 0 spiro atoms. The van der Waals surface area contributed by atoms with Crippen LogP contribution in [0.4, 0.5) is 0 Å². The van der Waals surface area contributed by atoms with Crippen molar-refractivity contribution in [3.63, 3.8) is 0 Å². The molecule has 0 fully saturated rings. The van der Waals surface area contributed by atoms with Crippen LogP contribution in [0.1, 0.15) is 24.7 Å². The van der Waals surface area contributed by atoms with Gasteiger partial charge in [-0.25, -0.2) is 0 Å². The molecule has 0 saturated heterocycles. The highest BCUT2D eigenvalue weighted by Crippen LogP contribution is 2.36. The third-order valence-electron chi connectivity index (χ3n) is 2.99. The fourth-order valence-electron chi connectivity index (χ4n) is 2.02. The third kappa shape index (κ3) is 4.53. The van der Waals surface area contributed by atoms with Gasteiger partial charge in [0, 0.05) is 4.90 Å². The highest BCUT2D eigenvalue weighted by atomic mass is 32.2. The first-order valence-corrected chi connectivity index (χ1v) is 8.23. The van der Waals surface area contributed by atoms with E-state index in [0.29, 0.717) is 13.2 Å². The average molecular weight is 316 g/mol. The maximum Gasteiger partial charge on any atom is 0.323 e. The lowest BCUT2D eigenvalue weighted by Crippen LogP contribution is -2.13. The van der Waals surface area contributed by atoms with Gasteiger partial charge in [-0.05, 0) is 43.7 Å². The molecule has 3 nitrogen and oxygen atoms in total. The molecule has 2 aromatic carbocycles. The average Bonchev–Trinajstić information content (AvgIpc) is 2.55. The molecule has 1 unspecified atom stereocenters. The molecular weight excluding hydrogens is 296 g/mol. The number of rotatable bonds is 7. The monoisotopic (exact) mass is 316 g/mol. The van der Waals surface area contributed by atoms with E-state index in [-0.39, 0.29) is 11.2 Å². The largest absolute Gasteiger partial charge is 0.494 e. The van der Waals surface area contributed by atoms with Gasteiger partial charge in [0.15, 0.2) is 0 Å². The maximum absolute atomic E-state index is 12.2. The molecule has 0 amide bonds. The summed E-state index contributed by atoms with van der Waals surface area (Å²) in [7, 11) is 0. The predicted octanol–water partition coefficient (Wildman–Crippen LogP) is 4.48. The molecule has 0 radical (unpaired) electrons. The number of ether oxygens (including phenoxy) is 2. The molecule has 0 aromatic heterocycles. The fraction of sp³-hybridized carbons (Fsp3) is 0.278. The van der Waals surface area contributed by atoms with Crippen molar-refractivity contribution < 1.29 is 14.3 Å². The van der Waals surface area contributed by atoms with Crippen LogP contribution in [-0.2, 0) is 9.53 Å². The number of carbonyl (C=O) groups is 1. The Balaban J connectivity index is 2.17. The Morgan fingerprint density at radius 3 is 2.27 bits per heavy atom. The second kappa shape index (κ2) is 8.49. The summed E-state index contributed by atoms with van der Waals surface area (Å²) in [5, 5.41) is -0.362. The van der Waals surface area contributed by atoms with Crippen molar-refractivity contribution in [3.8, 4) is 5.75 Å². The predicted molar refractivity (Wildman–Crippen MR) is 89.3 cm³/mol. The van der Waals surface area contributed by atoms with E-state index in [0.717, 1.165) is 16.2 Å². The number of hydrogen-bond acceptors (Lipinski definition) is 4. The van der Waals surface area contributed by atoms with E-state index in [1.165, 1.54) is 11.8 Å². The quantitative estimate of drug-likeness (QED) is 0.557. The van der Waals surface area contributed by atoms with Crippen molar-refractivity contribution in [2.75, 3.05) is 13.2 Å². The molecule has 4 heteroatoms. The fourth-order valence-corrected chi connectivity index (χ4v) is 3.04. The zero-order chi connectivity index (χ0) is 15.8. The van der Waals surface area contributed by atoms with Gasteiger partial charge < -0.3 is 9.47 Å². The molecule has 0 aliphatic rings. The number of thioether (sulfide) groups is 1. The Morgan fingerprint density at radius 2 is 1.68 bits per heavy atom. The van der Waals surface area contributed by atoms with Gasteiger partial charge in [0.05, 0.1) is 13.2 Å². The summed E-state index contributed by atoms with van der Waals surface area (Å²) in [6.07, 6.45) is 0. The number of carbonyl (C=O) groups excluding carboxylic acids is 1. The van der Waals surface area contributed by atoms with Crippen LogP contribution >= 0.6 is 11.8 Å². The Morgan fingerprint density at radius 1 is 1.00 bits per heavy atom. The van der Waals surface area contributed by atoms with E-state index in [9.17, 15) is 4.79 Å². The summed E-state index contributed by atoms with van der Waals surface area (Å²) in [6, 6.07) is 17.5. The van der Waals surface area contributed by atoms with Crippen LogP contribution in [0.3, 0.4) is 0 Å². The van der Waals surface area contributed by atoms with E-state index in [1.807, 2.05) is 68.4 Å². The zero-order valence-corrected chi connectivity index (χ0v) is 13.6. The third-order valence-corrected chi connectivity index (χ3v) is 4.24. The molecule has 0 bridgehead atoms. The standard InChI is InChI=1S/C18H20O3S/c1-3-20-15-10-12-16(13-11-15)22-17(18(19)21-4-2)14-8-6-5-7-9-14/h5-13,17H,3-4H2,1-2H3. The molecule has 0 saturated carbocycles. The van der Waals surface area contributed by atoms with Gasteiger partial charge in [0.2, 0.25) is 0 Å². The lowest BCUT2D eigenvalue weighted by molar-refractivity contribution is -0.142. The normalized spacial score (nSPS) is 11.7. The Bertz CT molecular complexity index is 581. The SMILES string of the molecule is CCOC(=O)C(Sc1ccc(OCC)cc1)c1ccccc1. The molecule has 116 valence electrons. The van der Waals surface area contributed by atoms with E-state index in [2.05, 4.69) is 0 Å². The summed E-state index contributed by atoms with van der Waals surface area (Å²) in [5.41, 5.74) is 0.944. The lowest BCUT2D eigenvalue weighted by atomic mass is 10.1. The van der Waals surface area contributed by atoms with Gasteiger partial charge in [-0.15, -0.1) is 11.8 Å². The van der Waals surface area contributed by atoms with Gasteiger partial charge in [-0.3, -0.25) is 4.79 Å². The minimum atomic E-state index is -0.362. The molecule has 0 N–H and O–H groups in total. The molecule has 0 aliphatic carbocycles. The molecule has 2 rings (SSSR count). The summed E-state index contributed by atoms with van der Waals surface area (Å²) in [6.45, 7) is 4.80. The van der Waals surface area contributed by atoms with Crippen LogP contribution < -0.4 is 4.74 Å². The molecule has 22 heavy (non-hydrogen) atoms. The zero-order valence-electron chi connectivity index (χ0n) is 12.8. The van der Waals surface area contributed by atoms with Crippen molar-refractivity contribution in [2.24, 2.45) is 0 Å². The molecule has 2 aromatic rings. The Labute approximate surface area is 135 Å². The van der Waals surface area contributed by atoms with E-state index in [4.69, 9.17) is 9.47 Å². The second-order valence-electron chi connectivity index (χ2n) is 4.57. The highest BCUT2D eigenvalue weighted by Gasteiger charge is 2.23. The number of esters is 1. The van der Waals surface area contributed by atoms with Crippen molar-refractivity contribution >= 4 is 17.7 Å². The molecular formula is C18H20O3S. The van der Waals surface area contributed by atoms with Gasteiger partial charge in [0.25, 0.3) is 0 Å². The number of hydrogen-bond donors (Lipinski definition) is 0. The van der Waals surface area contributed by atoms with Gasteiger partial charge in [0.1, 0.15) is 11.0 Å².